The maximum absolute atomic E-state index is 12.1. The predicted molar refractivity (Wildman–Crippen MR) is 66.7 cm³/mol. The Balaban J connectivity index is 1.60. The van der Waals surface area contributed by atoms with Gasteiger partial charge in [0.15, 0.2) is 0 Å². The molecule has 2 aromatic rings. The number of alkyl halides is 3. The second-order valence-corrected chi connectivity index (χ2v) is 4.77. The summed E-state index contributed by atoms with van der Waals surface area (Å²) in [5.74, 6) is 0.703. The lowest BCUT2D eigenvalue weighted by atomic mass is 10.2. The Morgan fingerprint density at radius 1 is 1.29 bits per heavy atom. The molecule has 0 atom stereocenters. The van der Waals surface area contributed by atoms with Crippen LogP contribution >= 0.6 is 0 Å². The van der Waals surface area contributed by atoms with E-state index in [2.05, 4.69) is 20.3 Å². The predicted octanol–water partition coefficient (Wildman–Crippen LogP) is 3.46. The van der Waals surface area contributed by atoms with Gasteiger partial charge in [-0.1, -0.05) is 17.2 Å². The molecule has 5 nitrogen and oxygen atoms in total. The number of hydrogen-bond donors (Lipinski definition) is 1. The summed E-state index contributed by atoms with van der Waals surface area (Å²) in [5, 5.41) is 10.6. The number of ether oxygens (including phenoxy) is 1. The van der Waals surface area contributed by atoms with E-state index in [9.17, 15) is 13.2 Å². The van der Waals surface area contributed by atoms with Gasteiger partial charge in [0.25, 0.3) is 0 Å². The lowest BCUT2D eigenvalue weighted by Gasteiger charge is -2.10. The van der Waals surface area contributed by atoms with E-state index in [-0.39, 0.29) is 18.3 Å². The average molecular weight is 299 g/mol. The summed E-state index contributed by atoms with van der Waals surface area (Å²) in [7, 11) is 0. The zero-order valence-corrected chi connectivity index (χ0v) is 10.9. The molecule has 1 heterocycles. The smallest absolute Gasteiger partial charge is 0.408 e. The van der Waals surface area contributed by atoms with Crippen molar-refractivity contribution in [3.63, 3.8) is 0 Å². The van der Waals surface area contributed by atoms with Crippen LogP contribution < -0.4 is 10.1 Å². The molecule has 0 radical (unpaired) electrons. The highest BCUT2D eigenvalue weighted by molar-refractivity contribution is 5.31. The minimum atomic E-state index is -4.70. The average Bonchev–Trinajstić information content (AvgIpc) is 3.14. The summed E-state index contributed by atoms with van der Waals surface area (Å²) in [5.41, 5.74) is 0.614. The van der Waals surface area contributed by atoms with Crippen LogP contribution in [0.5, 0.6) is 5.75 Å². The Bertz CT molecular complexity index is 623. The van der Waals surface area contributed by atoms with Crippen molar-refractivity contribution < 1.29 is 22.3 Å². The lowest BCUT2D eigenvalue weighted by Crippen LogP contribution is -2.17. The number of aromatic nitrogens is 2. The molecule has 0 amide bonds. The molecule has 0 spiro atoms. The van der Waals surface area contributed by atoms with Crippen LogP contribution in [0, 0.1) is 0 Å². The molecule has 1 aromatic heterocycles. The van der Waals surface area contributed by atoms with Gasteiger partial charge in [-0.2, -0.15) is 0 Å². The SMILES string of the molecule is FC(F)(F)Oc1cccc(CNc2nnc(C3CC3)o2)c1. The molecule has 0 unspecified atom stereocenters. The number of nitrogens with one attached hydrogen (secondary N) is 1. The summed E-state index contributed by atoms with van der Waals surface area (Å²) >= 11 is 0. The van der Waals surface area contributed by atoms with Crippen LogP contribution in [0.15, 0.2) is 28.7 Å². The molecule has 1 fully saturated rings. The number of hydrogen-bond acceptors (Lipinski definition) is 5. The molecular weight excluding hydrogens is 287 g/mol. The lowest BCUT2D eigenvalue weighted by molar-refractivity contribution is -0.274. The molecule has 0 saturated heterocycles. The van der Waals surface area contributed by atoms with Gasteiger partial charge in [-0.05, 0) is 30.5 Å². The van der Waals surface area contributed by atoms with Crippen LogP contribution in [0.1, 0.15) is 30.2 Å². The van der Waals surface area contributed by atoms with Crippen molar-refractivity contribution in [2.24, 2.45) is 0 Å². The highest BCUT2D eigenvalue weighted by Gasteiger charge is 2.31. The zero-order chi connectivity index (χ0) is 14.9. The second-order valence-electron chi connectivity index (χ2n) is 4.77. The second kappa shape index (κ2) is 5.27. The van der Waals surface area contributed by atoms with E-state index < -0.39 is 6.36 Å². The third-order valence-corrected chi connectivity index (χ3v) is 2.94. The van der Waals surface area contributed by atoms with Crippen LogP contribution in [0.4, 0.5) is 19.2 Å². The van der Waals surface area contributed by atoms with Crippen molar-refractivity contribution >= 4 is 6.01 Å². The number of nitrogens with zero attached hydrogens (tertiary/aromatic N) is 2. The summed E-state index contributed by atoms with van der Waals surface area (Å²) < 4.78 is 45.7. The molecule has 21 heavy (non-hydrogen) atoms. The first-order chi connectivity index (χ1) is 9.99. The van der Waals surface area contributed by atoms with Gasteiger partial charge < -0.3 is 14.5 Å². The van der Waals surface area contributed by atoms with E-state index in [0.29, 0.717) is 17.4 Å². The Morgan fingerprint density at radius 3 is 2.81 bits per heavy atom. The third-order valence-electron chi connectivity index (χ3n) is 2.94. The van der Waals surface area contributed by atoms with Crippen LogP contribution in [-0.4, -0.2) is 16.6 Å². The fraction of sp³-hybridized carbons (Fsp3) is 0.385. The molecule has 8 heteroatoms. The molecule has 1 saturated carbocycles. The Morgan fingerprint density at radius 2 is 2.10 bits per heavy atom. The van der Waals surface area contributed by atoms with Crippen LogP contribution in [-0.2, 0) is 6.54 Å². The third kappa shape index (κ3) is 3.87. The molecule has 1 aliphatic carbocycles. The first-order valence-electron chi connectivity index (χ1n) is 6.41. The van der Waals surface area contributed by atoms with Gasteiger partial charge in [-0.15, -0.1) is 18.3 Å². The van der Waals surface area contributed by atoms with Crippen molar-refractivity contribution in [1.29, 1.82) is 0 Å². The molecule has 1 aliphatic rings. The largest absolute Gasteiger partial charge is 0.573 e. The van der Waals surface area contributed by atoms with E-state index >= 15 is 0 Å². The monoisotopic (exact) mass is 299 g/mol. The maximum atomic E-state index is 12.1. The molecule has 1 N–H and O–H groups in total. The number of halogens is 3. The highest BCUT2D eigenvalue weighted by atomic mass is 19.4. The van der Waals surface area contributed by atoms with E-state index in [1.165, 1.54) is 18.2 Å². The minimum Gasteiger partial charge on any atom is -0.408 e. The van der Waals surface area contributed by atoms with Gasteiger partial charge in [0.05, 0.1) is 0 Å². The molecule has 1 aromatic carbocycles. The van der Waals surface area contributed by atoms with Crippen LogP contribution in [0.2, 0.25) is 0 Å². The van der Waals surface area contributed by atoms with E-state index in [0.717, 1.165) is 12.8 Å². The molecule has 0 bridgehead atoms. The fourth-order valence-corrected chi connectivity index (χ4v) is 1.83. The summed E-state index contributed by atoms with van der Waals surface area (Å²) in [6.07, 6.45) is -2.59. The normalized spacial score (nSPS) is 15.0. The first kappa shape index (κ1) is 13.7. The van der Waals surface area contributed by atoms with E-state index in [1.54, 1.807) is 6.07 Å². The molecule has 3 rings (SSSR count). The van der Waals surface area contributed by atoms with Gasteiger partial charge in [-0.25, -0.2) is 0 Å². The first-order valence-corrected chi connectivity index (χ1v) is 6.41. The quantitative estimate of drug-likeness (QED) is 0.916. The standard InChI is InChI=1S/C13H12F3N3O2/c14-13(15,16)21-10-3-1-2-8(6-10)7-17-12-19-18-11(20-12)9-4-5-9/h1-3,6,9H,4-5,7H2,(H,17,19). The van der Waals surface area contributed by atoms with Crippen molar-refractivity contribution in [1.82, 2.24) is 10.2 Å². The summed E-state index contributed by atoms with van der Waals surface area (Å²) in [6, 6.07) is 5.97. The van der Waals surface area contributed by atoms with Crippen molar-refractivity contribution in [2.45, 2.75) is 31.7 Å². The minimum absolute atomic E-state index is 0.258. The van der Waals surface area contributed by atoms with Gasteiger partial charge in [0, 0.05) is 12.5 Å². The van der Waals surface area contributed by atoms with E-state index in [4.69, 9.17) is 4.42 Å². The Labute approximate surface area is 118 Å². The van der Waals surface area contributed by atoms with Gasteiger partial charge in [0.2, 0.25) is 5.89 Å². The summed E-state index contributed by atoms with van der Waals surface area (Å²) in [6.45, 7) is 0.265. The van der Waals surface area contributed by atoms with Crippen molar-refractivity contribution in [3.05, 3.63) is 35.7 Å². The van der Waals surface area contributed by atoms with E-state index in [1.807, 2.05) is 0 Å². The molecular formula is C13H12F3N3O2. The van der Waals surface area contributed by atoms with Crippen LogP contribution in [0.25, 0.3) is 0 Å². The number of anilines is 1. The zero-order valence-electron chi connectivity index (χ0n) is 10.9. The van der Waals surface area contributed by atoms with Crippen LogP contribution in [0.3, 0.4) is 0 Å². The van der Waals surface area contributed by atoms with Crippen molar-refractivity contribution in [3.8, 4) is 5.75 Å². The number of rotatable bonds is 5. The molecule has 0 aliphatic heterocycles. The number of benzene rings is 1. The maximum Gasteiger partial charge on any atom is 0.573 e. The molecule has 112 valence electrons. The Hall–Kier alpha value is -2.25. The highest BCUT2D eigenvalue weighted by Crippen LogP contribution is 2.39. The fourth-order valence-electron chi connectivity index (χ4n) is 1.83. The van der Waals surface area contributed by atoms with Gasteiger partial charge in [-0.3, -0.25) is 0 Å². The summed E-state index contributed by atoms with van der Waals surface area (Å²) in [4.78, 5) is 0. The topological polar surface area (TPSA) is 60.2 Å². The van der Waals surface area contributed by atoms with Crippen molar-refractivity contribution in [2.75, 3.05) is 5.32 Å². The van der Waals surface area contributed by atoms with Gasteiger partial charge >= 0.3 is 12.4 Å². The Kier molecular flexibility index (Phi) is 3.44. The van der Waals surface area contributed by atoms with Gasteiger partial charge in [0.1, 0.15) is 5.75 Å².